The predicted octanol–water partition coefficient (Wildman–Crippen LogP) is 3.42. The zero-order valence-electron chi connectivity index (χ0n) is 18.1. The Labute approximate surface area is 183 Å². The molecule has 1 saturated heterocycles. The van der Waals surface area contributed by atoms with E-state index in [-0.39, 0.29) is 17.8 Å². The monoisotopic (exact) mass is 430 g/mol. The summed E-state index contributed by atoms with van der Waals surface area (Å²) in [6.07, 6.45) is 0. The van der Waals surface area contributed by atoms with Gasteiger partial charge in [0.2, 0.25) is 0 Å². The molecule has 3 rings (SSSR count). The van der Waals surface area contributed by atoms with E-state index in [0.29, 0.717) is 50.2 Å². The van der Waals surface area contributed by atoms with E-state index in [1.807, 2.05) is 38.1 Å². The molecule has 1 heterocycles. The van der Waals surface area contributed by atoms with Crippen LogP contribution in [0.15, 0.2) is 47.5 Å². The molecule has 0 spiro atoms. The van der Waals surface area contributed by atoms with Crippen molar-refractivity contribution in [1.82, 2.24) is 4.90 Å². The van der Waals surface area contributed by atoms with Gasteiger partial charge >= 0.3 is 0 Å². The van der Waals surface area contributed by atoms with Crippen molar-refractivity contribution >= 4 is 11.6 Å². The van der Waals surface area contributed by atoms with Crippen molar-refractivity contribution in [1.29, 1.82) is 0 Å². The molecule has 0 radical (unpaired) electrons. The predicted molar refractivity (Wildman–Crippen MR) is 120 cm³/mol. The first-order chi connectivity index (χ1) is 15.1. The lowest BCUT2D eigenvalue weighted by atomic mass is 10.0. The highest BCUT2D eigenvalue weighted by Crippen LogP contribution is 2.29. The van der Waals surface area contributed by atoms with Crippen LogP contribution in [0.5, 0.6) is 11.5 Å². The lowest BCUT2D eigenvalue weighted by Crippen LogP contribution is -2.40. The average molecular weight is 431 g/mol. The Morgan fingerprint density at radius 1 is 1.16 bits per heavy atom. The SMILES string of the molecule is CCOc1ccc(OCC)c(NC(N)=NCC(c2cccc(F)c2)N2CCOCC2)c1. The van der Waals surface area contributed by atoms with E-state index < -0.39 is 0 Å². The minimum absolute atomic E-state index is 0.0962. The molecule has 1 aliphatic heterocycles. The maximum absolute atomic E-state index is 13.9. The van der Waals surface area contributed by atoms with Crippen LogP contribution in [-0.4, -0.2) is 56.9 Å². The Kier molecular flexibility index (Phi) is 8.49. The van der Waals surface area contributed by atoms with E-state index in [1.54, 1.807) is 12.1 Å². The van der Waals surface area contributed by atoms with Gasteiger partial charge in [0.1, 0.15) is 17.3 Å². The summed E-state index contributed by atoms with van der Waals surface area (Å²) in [5.74, 6) is 1.37. The number of nitrogens with zero attached hydrogens (tertiary/aromatic N) is 2. The van der Waals surface area contributed by atoms with Crippen molar-refractivity contribution in [3.63, 3.8) is 0 Å². The van der Waals surface area contributed by atoms with Gasteiger partial charge in [-0.05, 0) is 43.7 Å². The van der Waals surface area contributed by atoms with Crippen LogP contribution >= 0.6 is 0 Å². The van der Waals surface area contributed by atoms with Crippen LogP contribution in [0.1, 0.15) is 25.5 Å². The topological polar surface area (TPSA) is 81.3 Å². The molecule has 7 nitrogen and oxygen atoms in total. The number of benzene rings is 2. The summed E-state index contributed by atoms with van der Waals surface area (Å²) in [5, 5.41) is 3.12. The molecule has 2 aromatic carbocycles. The number of morpholine rings is 1. The Hall–Kier alpha value is -2.84. The number of ether oxygens (including phenoxy) is 3. The lowest BCUT2D eigenvalue weighted by Gasteiger charge is -2.34. The number of nitrogens with one attached hydrogen (secondary N) is 1. The first kappa shape index (κ1) is 22.8. The van der Waals surface area contributed by atoms with Crippen molar-refractivity contribution in [3.8, 4) is 11.5 Å². The van der Waals surface area contributed by atoms with E-state index in [0.717, 1.165) is 18.7 Å². The van der Waals surface area contributed by atoms with Crippen LogP contribution in [0.4, 0.5) is 10.1 Å². The normalized spacial score (nSPS) is 16.0. The molecule has 31 heavy (non-hydrogen) atoms. The molecule has 8 heteroatoms. The smallest absolute Gasteiger partial charge is 0.193 e. The Bertz CT molecular complexity index is 872. The molecule has 1 unspecified atom stereocenters. The van der Waals surface area contributed by atoms with Gasteiger partial charge in [-0.25, -0.2) is 4.39 Å². The first-order valence-corrected chi connectivity index (χ1v) is 10.6. The summed E-state index contributed by atoms with van der Waals surface area (Å²) in [5.41, 5.74) is 7.76. The first-order valence-electron chi connectivity index (χ1n) is 10.6. The van der Waals surface area contributed by atoms with Crippen LogP contribution in [-0.2, 0) is 4.74 Å². The van der Waals surface area contributed by atoms with Gasteiger partial charge in [-0.15, -0.1) is 0 Å². The molecule has 1 atom stereocenters. The molecule has 3 N–H and O–H groups in total. The highest BCUT2D eigenvalue weighted by Gasteiger charge is 2.23. The number of aliphatic imine (C=N–C) groups is 1. The summed E-state index contributed by atoms with van der Waals surface area (Å²) in [6, 6.07) is 12.1. The number of rotatable bonds is 9. The fourth-order valence-electron chi connectivity index (χ4n) is 3.54. The second-order valence-corrected chi connectivity index (χ2v) is 7.09. The molecule has 0 aliphatic carbocycles. The van der Waals surface area contributed by atoms with Crippen LogP contribution in [0.2, 0.25) is 0 Å². The van der Waals surface area contributed by atoms with E-state index in [9.17, 15) is 4.39 Å². The molecule has 0 amide bonds. The average Bonchev–Trinajstić information content (AvgIpc) is 2.77. The third-order valence-corrected chi connectivity index (χ3v) is 4.98. The standard InChI is InChI=1S/C23H31FN4O3/c1-3-30-19-8-9-22(31-4-2)20(15-19)27-23(25)26-16-21(28-10-12-29-13-11-28)17-6-5-7-18(24)14-17/h5-9,14-15,21H,3-4,10-13,16H2,1-2H3,(H3,25,26,27). The Balaban J connectivity index is 1.78. The third kappa shape index (κ3) is 6.57. The summed E-state index contributed by atoms with van der Waals surface area (Å²) in [7, 11) is 0. The molecule has 1 aliphatic rings. The number of guanidine groups is 1. The van der Waals surface area contributed by atoms with E-state index in [4.69, 9.17) is 19.9 Å². The van der Waals surface area contributed by atoms with Gasteiger partial charge in [-0.1, -0.05) is 12.1 Å². The fraction of sp³-hybridized carbons (Fsp3) is 0.435. The van der Waals surface area contributed by atoms with Gasteiger partial charge in [0.15, 0.2) is 5.96 Å². The van der Waals surface area contributed by atoms with Crippen LogP contribution in [0.3, 0.4) is 0 Å². The Morgan fingerprint density at radius 2 is 1.94 bits per heavy atom. The van der Waals surface area contributed by atoms with Gasteiger partial charge in [-0.2, -0.15) is 0 Å². The number of anilines is 1. The Morgan fingerprint density at radius 3 is 2.65 bits per heavy atom. The highest BCUT2D eigenvalue weighted by atomic mass is 19.1. The molecule has 168 valence electrons. The van der Waals surface area contributed by atoms with E-state index in [2.05, 4.69) is 15.2 Å². The van der Waals surface area contributed by atoms with Gasteiger partial charge in [0.05, 0.1) is 44.7 Å². The van der Waals surface area contributed by atoms with Crippen LogP contribution < -0.4 is 20.5 Å². The number of halogens is 1. The molecule has 0 aromatic heterocycles. The molecular formula is C23H31FN4O3. The maximum Gasteiger partial charge on any atom is 0.193 e. The quantitative estimate of drug-likeness (QED) is 0.469. The largest absolute Gasteiger partial charge is 0.494 e. The van der Waals surface area contributed by atoms with Crippen molar-refractivity contribution in [2.45, 2.75) is 19.9 Å². The molecule has 0 saturated carbocycles. The molecule has 0 bridgehead atoms. The zero-order chi connectivity index (χ0) is 22.1. The van der Waals surface area contributed by atoms with E-state index in [1.165, 1.54) is 6.07 Å². The molecule has 1 fully saturated rings. The highest BCUT2D eigenvalue weighted by molar-refractivity contribution is 5.94. The third-order valence-electron chi connectivity index (χ3n) is 4.98. The van der Waals surface area contributed by atoms with Gasteiger partial charge in [0, 0.05) is 19.2 Å². The van der Waals surface area contributed by atoms with Gasteiger partial charge in [-0.3, -0.25) is 9.89 Å². The van der Waals surface area contributed by atoms with Crippen molar-refractivity contribution < 1.29 is 18.6 Å². The van der Waals surface area contributed by atoms with Gasteiger partial charge in [0.25, 0.3) is 0 Å². The minimum atomic E-state index is -0.264. The second kappa shape index (κ2) is 11.5. The van der Waals surface area contributed by atoms with Gasteiger partial charge < -0.3 is 25.3 Å². The fourth-order valence-corrected chi connectivity index (χ4v) is 3.54. The number of nitrogens with two attached hydrogens (primary N) is 1. The lowest BCUT2D eigenvalue weighted by molar-refractivity contribution is 0.0179. The minimum Gasteiger partial charge on any atom is -0.494 e. The molecule has 2 aromatic rings. The summed E-state index contributed by atoms with van der Waals surface area (Å²) < 4.78 is 30.6. The van der Waals surface area contributed by atoms with E-state index >= 15 is 0 Å². The van der Waals surface area contributed by atoms with Crippen LogP contribution in [0.25, 0.3) is 0 Å². The number of hydrogen-bond donors (Lipinski definition) is 2. The van der Waals surface area contributed by atoms with Crippen molar-refractivity contribution in [2.75, 3.05) is 51.4 Å². The number of hydrogen-bond acceptors (Lipinski definition) is 5. The van der Waals surface area contributed by atoms with Crippen LogP contribution in [0, 0.1) is 5.82 Å². The zero-order valence-corrected chi connectivity index (χ0v) is 18.1. The van der Waals surface area contributed by atoms with Crippen molar-refractivity contribution in [3.05, 3.63) is 53.8 Å². The van der Waals surface area contributed by atoms with Crippen molar-refractivity contribution in [2.24, 2.45) is 10.7 Å². The summed E-state index contributed by atoms with van der Waals surface area (Å²) in [4.78, 5) is 6.81. The second-order valence-electron chi connectivity index (χ2n) is 7.09. The summed E-state index contributed by atoms with van der Waals surface area (Å²) >= 11 is 0. The maximum atomic E-state index is 13.9. The summed E-state index contributed by atoms with van der Waals surface area (Å²) in [6.45, 7) is 8.13. The molecular weight excluding hydrogens is 399 g/mol.